The minimum absolute atomic E-state index is 0.102. The first-order valence-corrected chi connectivity index (χ1v) is 12.5. The van der Waals surface area contributed by atoms with Gasteiger partial charge in [-0.2, -0.15) is 4.31 Å². The summed E-state index contributed by atoms with van der Waals surface area (Å²) in [6.45, 7) is 5.80. The lowest BCUT2D eigenvalue weighted by Crippen LogP contribution is -2.41. The molecule has 0 spiro atoms. The molecular weight excluding hydrogens is 488 g/mol. The number of benzene rings is 3. The molecule has 0 radical (unpaired) electrons. The summed E-state index contributed by atoms with van der Waals surface area (Å²) < 4.78 is 28.9. The number of likely N-dealkylation sites (N-methyl/N-ethyl adjacent to an activating group) is 1. The largest absolute Gasteiger partial charge is 0.314 e. The molecule has 0 N–H and O–H groups in total. The Morgan fingerprint density at radius 1 is 0.875 bits per heavy atom. The summed E-state index contributed by atoms with van der Waals surface area (Å²) in [5.41, 5.74) is 4.84. The molecule has 3 aromatic carbocycles. The SMILES string of the molecule is Cc1ccc(CN(CC(=O)N(C)c2ccc(C)c(C)c2)S(=O)(=O)c2ccc(Br)cc2)cc1. The highest BCUT2D eigenvalue weighted by atomic mass is 79.9. The van der Waals surface area contributed by atoms with Gasteiger partial charge < -0.3 is 4.90 Å². The van der Waals surface area contributed by atoms with Gasteiger partial charge in [-0.25, -0.2) is 8.42 Å². The van der Waals surface area contributed by atoms with Crippen molar-refractivity contribution in [1.29, 1.82) is 0 Å². The first-order chi connectivity index (χ1) is 15.1. The van der Waals surface area contributed by atoms with E-state index in [1.54, 1.807) is 31.3 Å². The summed E-state index contributed by atoms with van der Waals surface area (Å²) in [6.07, 6.45) is 0. The zero-order valence-corrected chi connectivity index (χ0v) is 21.1. The summed E-state index contributed by atoms with van der Waals surface area (Å²) in [6, 6.07) is 19.8. The number of carbonyl (C=O) groups is 1. The lowest BCUT2D eigenvalue weighted by molar-refractivity contribution is -0.118. The Morgan fingerprint density at radius 2 is 1.50 bits per heavy atom. The van der Waals surface area contributed by atoms with E-state index >= 15 is 0 Å². The van der Waals surface area contributed by atoms with Crippen LogP contribution in [0.4, 0.5) is 5.69 Å². The van der Waals surface area contributed by atoms with Gasteiger partial charge in [0.1, 0.15) is 0 Å². The van der Waals surface area contributed by atoms with Gasteiger partial charge in [0.15, 0.2) is 0 Å². The number of carbonyl (C=O) groups excluding carboxylic acids is 1. The topological polar surface area (TPSA) is 57.7 Å². The van der Waals surface area contributed by atoms with E-state index < -0.39 is 10.0 Å². The maximum absolute atomic E-state index is 13.4. The molecule has 1 amide bonds. The first kappa shape index (κ1) is 24.2. The molecule has 5 nitrogen and oxygen atoms in total. The van der Waals surface area contributed by atoms with Gasteiger partial charge in [-0.3, -0.25) is 4.79 Å². The zero-order chi connectivity index (χ0) is 23.5. The summed E-state index contributed by atoms with van der Waals surface area (Å²) in [5, 5.41) is 0. The Bertz CT molecular complexity index is 1210. The van der Waals surface area contributed by atoms with Gasteiger partial charge in [-0.15, -0.1) is 0 Å². The molecule has 0 saturated carbocycles. The normalized spacial score (nSPS) is 11.6. The monoisotopic (exact) mass is 514 g/mol. The lowest BCUT2D eigenvalue weighted by Gasteiger charge is -2.25. The van der Waals surface area contributed by atoms with Crippen molar-refractivity contribution in [2.45, 2.75) is 32.2 Å². The van der Waals surface area contributed by atoms with E-state index in [4.69, 9.17) is 0 Å². The average Bonchev–Trinajstić information content (AvgIpc) is 2.76. The van der Waals surface area contributed by atoms with Crippen LogP contribution in [0, 0.1) is 20.8 Å². The first-order valence-electron chi connectivity index (χ1n) is 10.2. The number of nitrogens with zero attached hydrogens (tertiary/aromatic N) is 2. The van der Waals surface area contributed by atoms with Gasteiger partial charge in [-0.1, -0.05) is 51.8 Å². The van der Waals surface area contributed by atoms with Crippen LogP contribution in [0.3, 0.4) is 0 Å². The average molecular weight is 515 g/mol. The number of rotatable bonds is 7. The Morgan fingerprint density at radius 3 is 2.09 bits per heavy atom. The molecule has 0 saturated heterocycles. The second-order valence-electron chi connectivity index (χ2n) is 7.93. The van der Waals surface area contributed by atoms with Gasteiger partial charge in [0.25, 0.3) is 0 Å². The molecule has 168 valence electrons. The molecule has 0 aromatic heterocycles. The Kier molecular flexibility index (Phi) is 7.54. The number of hydrogen-bond acceptors (Lipinski definition) is 3. The predicted octanol–water partition coefficient (Wildman–Crippen LogP) is 5.23. The molecule has 0 fully saturated rings. The molecule has 0 aliphatic heterocycles. The highest BCUT2D eigenvalue weighted by Crippen LogP contribution is 2.23. The van der Waals surface area contributed by atoms with Crippen molar-refractivity contribution >= 4 is 37.5 Å². The number of amides is 1. The van der Waals surface area contributed by atoms with Crippen LogP contribution in [0.2, 0.25) is 0 Å². The second-order valence-corrected chi connectivity index (χ2v) is 10.8. The van der Waals surface area contributed by atoms with Crippen LogP contribution in [-0.2, 0) is 21.4 Å². The van der Waals surface area contributed by atoms with E-state index in [-0.39, 0.29) is 23.9 Å². The molecule has 32 heavy (non-hydrogen) atoms. The van der Waals surface area contributed by atoms with Gasteiger partial charge in [0.2, 0.25) is 15.9 Å². The minimum atomic E-state index is -3.89. The van der Waals surface area contributed by atoms with E-state index in [0.717, 1.165) is 32.4 Å². The van der Waals surface area contributed by atoms with Gasteiger partial charge >= 0.3 is 0 Å². The summed E-state index contributed by atoms with van der Waals surface area (Å²) >= 11 is 3.34. The molecule has 0 heterocycles. The van der Waals surface area contributed by atoms with Gasteiger partial charge in [0, 0.05) is 23.8 Å². The number of sulfonamides is 1. The van der Waals surface area contributed by atoms with Crippen molar-refractivity contribution < 1.29 is 13.2 Å². The fourth-order valence-corrected chi connectivity index (χ4v) is 4.86. The van der Waals surface area contributed by atoms with Crippen molar-refractivity contribution in [3.63, 3.8) is 0 Å². The van der Waals surface area contributed by atoms with Gasteiger partial charge in [0.05, 0.1) is 11.4 Å². The van der Waals surface area contributed by atoms with Crippen molar-refractivity contribution in [2.24, 2.45) is 0 Å². The number of hydrogen-bond donors (Lipinski definition) is 0. The number of halogens is 1. The maximum atomic E-state index is 13.4. The third kappa shape index (κ3) is 5.65. The van der Waals surface area contributed by atoms with Crippen molar-refractivity contribution in [3.05, 3.63) is 93.5 Å². The van der Waals surface area contributed by atoms with E-state index in [2.05, 4.69) is 15.9 Å². The van der Waals surface area contributed by atoms with Crippen LogP contribution >= 0.6 is 15.9 Å². The molecule has 0 aliphatic carbocycles. The molecule has 0 atom stereocenters. The quantitative estimate of drug-likeness (QED) is 0.433. The number of anilines is 1. The smallest absolute Gasteiger partial charge is 0.243 e. The standard InChI is InChI=1S/C25H27BrN2O3S/c1-18-5-8-21(9-6-18)16-28(32(30,31)24-13-10-22(26)11-14-24)17-25(29)27(4)23-12-7-19(2)20(3)15-23/h5-15H,16-17H2,1-4H3. The van der Waals surface area contributed by atoms with Crippen LogP contribution in [-0.4, -0.2) is 32.2 Å². The summed E-state index contributed by atoms with van der Waals surface area (Å²) in [7, 11) is -2.22. The highest BCUT2D eigenvalue weighted by Gasteiger charge is 2.28. The molecule has 0 aliphatic rings. The predicted molar refractivity (Wildman–Crippen MR) is 132 cm³/mol. The Labute approximate surface area is 198 Å². The summed E-state index contributed by atoms with van der Waals surface area (Å²) in [4.78, 5) is 14.8. The molecule has 0 bridgehead atoms. The molecule has 3 aromatic rings. The second kappa shape index (κ2) is 9.98. The van der Waals surface area contributed by atoms with Crippen molar-refractivity contribution in [1.82, 2.24) is 4.31 Å². The maximum Gasteiger partial charge on any atom is 0.243 e. The van der Waals surface area contributed by atoms with Crippen LogP contribution in [0.1, 0.15) is 22.3 Å². The summed E-state index contributed by atoms with van der Waals surface area (Å²) in [5.74, 6) is -0.305. The van der Waals surface area contributed by atoms with E-state index in [9.17, 15) is 13.2 Å². The Balaban J connectivity index is 1.92. The van der Waals surface area contributed by atoms with E-state index in [1.807, 2.05) is 63.2 Å². The van der Waals surface area contributed by atoms with Crippen molar-refractivity contribution in [3.8, 4) is 0 Å². The van der Waals surface area contributed by atoms with Crippen LogP contribution < -0.4 is 4.90 Å². The molecule has 3 rings (SSSR count). The fraction of sp³-hybridized carbons (Fsp3) is 0.240. The molecule has 7 heteroatoms. The molecular formula is C25H27BrN2O3S. The van der Waals surface area contributed by atoms with E-state index in [1.165, 1.54) is 9.21 Å². The third-order valence-electron chi connectivity index (χ3n) is 5.49. The highest BCUT2D eigenvalue weighted by molar-refractivity contribution is 9.10. The Hall–Kier alpha value is -2.48. The third-order valence-corrected chi connectivity index (χ3v) is 7.83. The van der Waals surface area contributed by atoms with Crippen molar-refractivity contribution in [2.75, 3.05) is 18.5 Å². The van der Waals surface area contributed by atoms with E-state index in [0.29, 0.717) is 0 Å². The van der Waals surface area contributed by atoms with Crippen LogP contribution in [0.25, 0.3) is 0 Å². The van der Waals surface area contributed by atoms with Gasteiger partial charge in [-0.05, 0) is 73.9 Å². The number of aryl methyl sites for hydroxylation is 3. The zero-order valence-electron chi connectivity index (χ0n) is 18.7. The lowest BCUT2D eigenvalue weighted by atomic mass is 10.1. The van der Waals surface area contributed by atoms with Crippen LogP contribution in [0.5, 0.6) is 0 Å². The fourth-order valence-electron chi connectivity index (χ4n) is 3.21. The minimum Gasteiger partial charge on any atom is -0.314 e. The molecule has 0 unspecified atom stereocenters. The van der Waals surface area contributed by atoms with Crippen LogP contribution in [0.15, 0.2) is 76.1 Å².